The Morgan fingerprint density at radius 3 is 0.795 bits per heavy atom. The zero-order chi connectivity index (χ0) is 55.1. The zero-order valence-corrected chi connectivity index (χ0v) is 45.3. The summed E-state index contributed by atoms with van der Waals surface area (Å²) in [4.78, 5) is 7.12. The highest BCUT2D eigenvalue weighted by Crippen LogP contribution is 2.48. The van der Waals surface area contributed by atoms with Gasteiger partial charge in [0.25, 0.3) is 0 Å². The highest BCUT2D eigenvalue weighted by molar-refractivity contribution is 6.11. The van der Waals surface area contributed by atoms with Crippen molar-refractivity contribution in [2.75, 3.05) is 14.7 Å². The fourth-order valence-electron chi connectivity index (χ4n) is 11.9. The van der Waals surface area contributed by atoms with Gasteiger partial charge in [-0.05, 0) is 137 Å². The molecule has 0 atom stereocenters. The van der Waals surface area contributed by atoms with E-state index >= 15 is 0 Å². The second kappa shape index (κ2) is 21.2. The number of benzene rings is 13. The van der Waals surface area contributed by atoms with Crippen LogP contribution in [0.2, 0.25) is 0 Å². The summed E-state index contributed by atoms with van der Waals surface area (Å²) in [6, 6.07) is 115. The molecule has 0 unspecified atom stereocenters. The van der Waals surface area contributed by atoms with E-state index in [2.05, 4.69) is 312 Å². The molecular formula is C78H53N3O2. The highest BCUT2D eigenvalue weighted by atomic mass is 16.3. The van der Waals surface area contributed by atoms with Crippen LogP contribution < -0.4 is 14.7 Å². The van der Waals surface area contributed by atoms with Crippen molar-refractivity contribution < 1.29 is 8.83 Å². The molecule has 0 saturated heterocycles. The summed E-state index contributed by atoms with van der Waals surface area (Å²) in [6.07, 6.45) is 0. The third-order valence-corrected chi connectivity index (χ3v) is 15.8. The van der Waals surface area contributed by atoms with Gasteiger partial charge in [-0.25, -0.2) is 0 Å². The van der Waals surface area contributed by atoms with Crippen LogP contribution in [0.25, 0.3) is 88.4 Å². The number of hydrogen-bond acceptors (Lipinski definition) is 5. The van der Waals surface area contributed by atoms with Crippen molar-refractivity contribution in [2.45, 2.75) is 0 Å². The van der Waals surface area contributed by atoms with E-state index in [1.54, 1.807) is 0 Å². The average Bonchev–Trinajstić information content (AvgIpc) is 4.38. The van der Waals surface area contributed by atoms with Gasteiger partial charge in [0.1, 0.15) is 22.3 Å². The fourth-order valence-corrected chi connectivity index (χ4v) is 11.9. The first-order valence-corrected chi connectivity index (χ1v) is 28.1. The van der Waals surface area contributed by atoms with Gasteiger partial charge in [-0.15, -0.1) is 0 Å². The summed E-state index contributed by atoms with van der Waals surface area (Å²) in [5.41, 5.74) is 21.3. The Bertz CT molecular complexity index is 4450. The zero-order valence-electron chi connectivity index (χ0n) is 45.3. The van der Waals surface area contributed by atoms with Crippen LogP contribution in [0.15, 0.2) is 330 Å². The standard InChI is InChI=1S/C78H53N3O2/c1-5-19-54(20-6-1)56-35-43-62(44-36-56)80(64-47-39-58(40-48-64)69-29-17-31-73-71-27-13-15-33-75(71)82-77(69)73)67-51-66(79(60-23-9-3-10-24-60)61-25-11-4-12-26-61)52-68(53-67)81(63-45-37-57(38-46-63)55-21-7-2-8-22-55)65-49-41-59(42-50-65)70-30-18-32-74-72-28-14-16-34-76(72)83-78(70)74/h1-53H. The molecule has 5 nitrogen and oxygen atoms in total. The second-order valence-electron chi connectivity index (χ2n) is 20.9. The quantitative estimate of drug-likeness (QED) is 0.115. The van der Waals surface area contributed by atoms with Crippen LogP contribution in [-0.2, 0) is 0 Å². The molecule has 13 aromatic carbocycles. The molecule has 15 rings (SSSR count). The lowest BCUT2D eigenvalue weighted by molar-refractivity contribution is 0.669. The minimum atomic E-state index is 0.879. The second-order valence-corrected chi connectivity index (χ2v) is 20.9. The van der Waals surface area contributed by atoms with E-state index in [1.807, 2.05) is 24.3 Å². The van der Waals surface area contributed by atoms with Crippen LogP contribution in [0.1, 0.15) is 0 Å². The van der Waals surface area contributed by atoms with Crippen molar-refractivity contribution in [3.05, 3.63) is 322 Å². The maximum atomic E-state index is 6.58. The van der Waals surface area contributed by atoms with Gasteiger partial charge < -0.3 is 23.5 Å². The Balaban J connectivity index is 0.941. The van der Waals surface area contributed by atoms with Crippen molar-refractivity contribution in [1.29, 1.82) is 0 Å². The first-order chi connectivity index (χ1) is 41.1. The van der Waals surface area contributed by atoms with Crippen molar-refractivity contribution in [3.8, 4) is 44.5 Å². The first kappa shape index (κ1) is 48.9. The summed E-state index contributed by atoms with van der Waals surface area (Å²) in [5.74, 6) is 0. The number of anilines is 9. The van der Waals surface area contributed by atoms with Crippen LogP contribution in [-0.4, -0.2) is 0 Å². The summed E-state index contributed by atoms with van der Waals surface area (Å²) in [6.45, 7) is 0. The van der Waals surface area contributed by atoms with E-state index in [4.69, 9.17) is 8.83 Å². The number of furan rings is 2. The smallest absolute Gasteiger partial charge is 0.143 e. The monoisotopic (exact) mass is 1060 g/mol. The fraction of sp³-hybridized carbons (Fsp3) is 0. The molecular weight excluding hydrogens is 1010 g/mol. The summed E-state index contributed by atoms with van der Waals surface area (Å²) in [7, 11) is 0. The maximum Gasteiger partial charge on any atom is 0.143 e. The third kappa shape index (κ3) is 9.22. The molecule has 392 valence electrons. The van der Waals surface area contributed by atoms with Gasteiger partial charge in [-0.3, -0.25) is 0 Å². The van der Waals surface area contributed by atoms with Gasteiger partial charge in [0, 0.05) is 66.8 Å². The number of hydrogen-bond donors (Lipinski definition) is 0. The molecule has 0 aliphatic heterocycles. The van der Waals surface area contributed by atoms with Crippen molar-refractivity contribution in [2.24, 2.45) is 0 Å². The number of nitrogens with zero attached hydrogens (tertiary/aromatic N) is 3. The summed E-state index contributed by atoms with van der Waals surface area (Å²) < 4.78 is 13.2. The summed E-state index contributed by atoms with van der Waals surface area (Å²) >= 11 is 0. The molecule has 0 spiro atoms. The molecule has 0 fully saturated rings. The van der Waals surface area contributed by atoms with Crippen LogP contribution in [0.5, 0.6) is 0 Å². The Morgan fingerprint density at radius 2 is 0.446 bits per heavy atom. The topological polar surface area (TPSA) is 36.0 Å². The molecule has 83 heavy (non-hydrogen) atoms. The molecule has 0 radical (unpaired) electrons. The van der Waals surface area contributed by atoms with Gasteiger partial charge >= 0.3 is 0 Å². The molecule has 0 N–H and O–H groups in total. The molecule has 0 amide bonds. The molecule has 0 aliphatic carbocycles. The Labute approximate surface area is 482 Å². The average molecular weight is 1060 g/mol. The van der Waals surface area contributed by atoms with E-state index in [-0.39, 0.29) is 0 Å². The van der Waals surface area contributed by atoms with E-state index in [0.29, 0.717) is 0 Å². The third-order valence-electron chi connectivity index (χ3n) is 15.8. The molecule has 2 heterocycles. The largest absolute Gasteiger partial charge is 0.455 e. The normalized spacial score (nSPS) is 11.4. The Morgan fingerprint density at radius 1 is 0.181 bits per heavy atom. The predicted molar refractivity (Wildman–Crippen MR) is 347 cm³/mol. The number of fused-ring (bicyclic) bond motifs is 6. The molecule has 2 aromatic heterocycles. The minimum absolute atomic E-state index is 0.879. The van der Waals surface area contributed by atoms with Gasteiger partial charge in [0.15, 0.2) is 0 Å². The van der Waals surface area contributed by atoms with E-state index in [0.717, 1.165) is 140 Å². The molecule has 0 saturated carbocycles. The lowest BCUT2D eigenvalue weighted by Gasteiger charge is -2.33. The molecule has 15 aromatic rings. The van der Waals surface area contributed by atoms with Crippen LogP contribution >= 0.6 is 0 Å². The summed E-state index contributed by atoms with van der Waals surface area (Å²) in [5, 5.41) is 4.43. The van der Waals surface area contributed by atoms with E-state index < -0.39 is 0 Å². The molecule has 0 bridgehead atoms. The molecule has 5 heteroatoms. The Hall–Kier alpha value is -11.1. The van der Waals surface area contributed by atoms with Crippen LogP contribution in [0.4, 0.5) is 51.2 Å². The van der Waals surface area contributed by atoms with Gasteiger partial charge in [-0.1, -0.05) is 218 Å². The number of rotatable bonds is 13. The first-order valence-electron chi connectivity index (χ1n) is 28.1. The maximum absolute atomic E-state index is 6.58. The number of para-hydroxylation sites is 6. The van der Waals surface area contributed by atoms with Crippen molar-refractivity contribution in [1.82, 2.24) is 0 Å². The van der Waals surface area contributed by atoms with E-state index in [9.17, 15) is 0 Å². The lowest BCUT2D eigenvalue weighted by atomic mass is 10.0. The lowest BCUT2D eigenvalue weighted by Crippen LogP contribution is -2.16. The van der Waals surface area contributed by atoms with Crippen molar-refractivity contribution in [3.63, 3.8) is 0 Å². The highest BCUT2D eigenvalue weighted by Gasteiger charge is 2.24. The van der Waals surface area contributed by atoms with Crippen LogP contribution in [0.3, 0.4) is 0 Å². The SMILES string of the molecule is c1ccc(-c2ccc(N(c3ccc(-c4cccc5c4oc4ccccc45)cc3)c3cc(N(c4ccccc4)c4ccccc4)cc(N(c4ccc(-c5ccccc5)cc4)c4ccc(-c5cccc6c5oc5ccccc56)cc4)c3)cc2)cc1. The van der Waals surface area contributed by atoms with E-state index in [1.165, 1.54) is 0 Å². The van der Waals surface area contributed by atoms with Gasteiger partial charge in [0.05, 0.1) is 17.1 Å². The Kier molecular flexibility index (Phi) is 12.5. The van der Waals surface area contributed by atoms with Crippen LogP contribution in [0, 0.1) is 0 Å². The van der Waals surface area contributed by atoms with Crippen molar-refractivity contribution >= 4 is 95.1 Å². The predicted octanol–water partition coefficient (Wildman–Crippen LogP) is 22.6. The minimum Gasteiger partial charge on any atom is -0.455 e. The van der Waals surface area contributed by atoms with Gasteiger partial charge in [-0.2, -0.15) is 0 Å². The van der Waals surface area contributed by atoms with Gasteiger partial charge in [0.2, 0.25) is 0 Å². The molecule has 0 aliphatic rings.